The fraction of sp³-hybridized carbons (Fsp3) is 0.425. The van der Waals surface area contributed by atoms with Gasteiger partial charge in [0.05, 0.1) is 42.1 Å². The van der Waals surface area contributed by atoms with Gasteiger partial charge in [0.15, 0.2) is 0 Å². The molecule has 0 unspecified atom stereocenters. The van der Waals surface area contributed by atoms with Crippen molar-refractivity contribution in [1.82, 2.24) is 35.1 Å². The second-order valence-electron chi connectivity index (χ2n) is 15.2. The number of aromatic nitrogens is 4. The van der Waals surface area contributed by atoms with Crippen LogP contribution in [-0.4, -0.2) is 79.7 Å². The number of benzene rings is 3. The Morgan fingerprint density at radius 2 is 1.48 bits per heavy atom. The molecule has 3 aromatic carbocycles. The summed E-state index contributed by atoms with van der Waals surface area (Å²) < 4.78 is 10.4. The minimum absolute atomic E-state index is 0.0975. The lowest BCUT2D eigenvalue weighted by Gasteiger charge is -2.30. The van der Waals surface area contributed by atoms with Crippen LogP contribution in [0.15, 0.2) is 60.8 Å². The number of carbonyl (C=O) groups excluding carboxylic acids is 3. The number of H-pyrrole nitrogens is 2. The summed E-state index contributed by atoms with van der Waals surface area (Å²) in [4.78, 5) is 58.6. The first-order valence-corrected chi connectivity index (χ1v) is 18.1. The van der Waals surface area contributed by atoms with E-state index in [0.29, 0.717) is 13.1 Å². The number of rotatable bonds is 7. The van der Waals surface area contributed by atoms with Crippen LogP contribution >= 0.6 is 0 Å². The van der Waals surface area contributed by atoms with Crippen molar-refractivity contribution in [2.45, 2.75) is 84.0 Å². The van der Waals surface area contributed by atoms with Crippen LogP contribution in [-0.2, 0) is 14.3 Å². The topological polar surface area (TPSA) is 146 Å². The van der Waals surface area contributed by atoms with E-state index in [1.54, 1.807) is 4.90 Å². The smallest absolute Gasteiger partial charge is 0.410 e. The van der Waals surface area contributed by atoms with E-state index in [1.807, 2.05) is 51.8 Å². The Morgan fingerprint density at radius 1 is 0.846 bits per heavy atom. The van der Waals surface area contributed by atoms with Crippen molar-refractivity contribution >= 4 is 39.9 Å². The van der Waals surface area contributed by atoms with Crippen LogP contribution in [0.1, 0.15) is 84.0 Å². The van der Waals surface area contributed by atoms with Gasteiger partial charge in [-0.15, -0.1) is 0 Å². The second-order valence-corrected chi connectivity index (χ2v) is 15.2. The monoisotopic (exact) mass is 705 g/mol. The van der Waals surface area contributed by atoms with Crippen LogP contribution in [0.2, 0.25) is 0 Å². The molecule has 0 radical (unpaired) electrons. The molecule has 2 fully saturated rings. The van der Waals surface area contributed by atoms with Gasteiger partial charge in [0.2, 0.25) is 5.91 Å². The maximum Gasteiger partial charge on any atom is 0.410 e. The van der Waals surface area contributed by atoms with E-state index in [9.17, 15) is 14.4 Å². The van der Waals surface area contributed by atoms with Gasteiger partial charge in [-0.1, -0.05) is 44.2 Å². The number of ether oxygens (including phenoxy) is 2. The van der Waals surface area contributed by atoms with Crippen LogP contribution in [0.4, 0.5) is 9.59 Å². The molecule has 0 spiro atoms. The number of fused-ring (bicyclic) bond motifs is 2. The molecule has 2 saturated heterocycles. The van der Waals surface area contributed by atoms with E-state index in [-0.39, 0.29) is 30.0 Å². The minimum atomic E-state index is -0.680. The molecule has 0 saturated carbocycles. The quantitative estimate of drug-likeness (QED) is 0.156. The summed E-state index contributed by atoms with van der Waals surface area (Å²) in [6.45, 7) is 10.7. The van der Waals surface area contributed by atoms with Gasteiger partial charge in [0, 0.05) is 18.7 Å². The molecule has 12 nitrogen and oxygen atoms in total. The molecular weight excluding hydrogens is 658 g/mol. The first-order chi connectivity index (χ1) is 24.9. The van der Waals surface area contributed by atoms with Crippen molar-refractivity contribution < 1.29 is 23.9 Å². The molecule has 2 aliphatic rings. The fourth-order valence-corrected chi connectivity index (χ4v) is 7.40. The molecule has 3 atom stereocenters. The zero-order chi connectivity index (χ0) is 36.7. The van der Waals surface area contributed by atoms with Gasteiger partial charge in [-0.05, 0) is 98.5 Å². The van der Waals surface area contributed by atoms with E-state index in [2.05, 4.69) is 63.8 Å². The van der Waals surface area contributed by atoms with Crippen LogP contribution < -0.4 is 5.32 Å². The Bertz CT molecular complexity index is 2130. The van der Waals surface area contributed by atoms with Gasteiger partial charge < -0.3 is 29.7 Å². The molecule has 3 N–H and O–H groups in total. The van der Waals surface area contributed by atoms with Crippen LogP contribution in [0, 0.1) is 5.92 Å². The maximum absolute atomic E-state index is 13.6. The third-order valence-electron chi connectivity index (χ3n) is 10.0. The summed E-state index contributed by atoms with van der Waals surface area (Å²) in [5.74, 6) is 1.29. The lowest BCUT2D eigenvalue weighted by Crippen LogP contribution is -2.51. The summed E-state index contributed by atoms with van der Waals surface area (Å²) in [6, 6.07) is 18.0. The highest BCUT2D eigenvalue weighted by Crippen LogP contribution is 2.36. The van der Waals surface area contributed by atoms with Crippen molar-refractivity contribution in [3.63, 3.8) is 0 Å². The van der Waals surface area contributed by atoms with Crippen molar-refractivity contribution in [2.24, 2.45) is 5.92 Å². The highest BCUT2D eigenvalue weighted by atomic mass is 16.6. The summed E-state index contributed by atoms with van der Waals surface area (Å²) in [5.41, 5.74) is 5.27. The number of hydrogen-bond acceptors (Lipinski definition) is 7. The van der Waals surface area contributed by atoms with Crippen LogP contribution in [0.5, 0.6) is 0 Å². The first kappa shape index (κ1) is 35.0. The predicted molar refractivity (Wildman–Crippen MR) is 199 cm³/mol. The lowest BCUT2D eigenvalue weighted by atomic mass is 9.99. The maximum atomic E-state index is 13.6. The Kier molecular flexibility index (Phi) is 9.41. The highest BCUT2D eigenvalue weighted by molar-refractivity contribution is 5.92. The number of alkyl carbamates (subject to hydrolysis) is 1. The zero-order valence-electron chi connectivity index (χ0n) is 30.7. The van der Waals surface area contributed by atoms with E-state index in [1.165, 1.54) is 7.11 Å². The molecule has 3 amide bonds. The zero-order valence-corrected chi connectivity index (χ0v) is 30.7. The number of nitrogens with one attached hydrogen (secondary N) is 3. The molecule has 5 aromatic rings. The number of imidazole rings is 2. The standard InChI is InChI=1S/C40H47N7O5/c1-23(2)34(45-38(49)51-6)37(48)46-17-7-9-32(46)35-41-22-31(44-35)28-14-13-24-19-25(11-12-26(24)20-28)27-15-16-29-30(21-27)43-36(42-29)33-10-8-18-47(33)39(50)52-40(3,4)5/h11-16,19-23,32-34H,7-10,17-18H2,1-6H3,(H,41,44)(H,42,43)(H,45,49)/t32-,33-,34-/m0/s1. The lowest BCUT2D eigenvalue weighted by molar-refractivity contribution is -0.135. The molecular formula is C40H47N7O5. The molecule has 0 bridgehead atoms. The molecule has 7 rings (SSSR count). The molecule has 4 heterocycles. The number of amides is 3. The van der Waals surface area contributed by atoms with Gasteiger partial charge >= 0.3 is 12.2 Å². The van der Waals surface area contributed by atoms with Crippen molar-refractivity contribution in [1.29, 1.82) is 0 Å². The van der Waals surface area contributed by atoms with E-state index >= 15 is 0 Å². The SMILES string of the molecule is COC(=O)N[C@H](C(=O)N1CCC[C@H]1c1ncc(-c2ccc3cc(-c4ccc5nc([C@@H]6CCCN6C(=O)OC(C)(C)C)[nH]c5c4)ccc3c2)[nH]1)C(C)C. The van der Waals surface area contributed by atoms with E-state index in [4.69, 9.17) is 19.4 Å². The van der Waals surface area contributed by atoms with Gasteiger partial charge in [0.25, 0.3) is 0 Å². The number of hydrogen-bond donors (Lipinski definition) is 3. The first-order valence-electron chi connectivity index (χ1n) is 18.1. The molecule has 272 valence electrons. The third kappa shape index (κ3) is 7.06. The van der Waals surface area contributed by atoms with Gasteiger partial charge in [0.1, 0.15) is 23.3 Å². The van der Waals surface area contributed by atoms with Crippen molar-refractivity contribution in [3.05, 3.63) is 72.4 Å². The van der Waals surface area contributed by atoms with Crippen molar-refractivity contribution in [2.75, 3.05) is 20.2 Å². The third-order valence-corrected chi connectivity index (χ3v) is 10.0. The number of nitrogens with zero attached hydrogens (tertiary/aromatic N) is 4. The summed E-state index contributed by atoms with van der Waals surface area (Å²) in [6.07, 6.45) is 4.30. The summed E-state index contributed by atoms with van der Waals surface area (Å²) in [5, 5.41) is 4.91. The minimum Gasteiger partial charge on any atom is -0.453 e. The largest absolute Gasteiger partial charge is 0.453 e. The van der Waals surface area contributed by atoms with E-state index < -0.39 is 17.7 Å². The summed E-state index contributed by atoms with van der Waals surface area (Å²) in [7, 11) is 1.30. The average molecular weight is 706 g/mol. The molecule has 12 heteroatoms. The van der Waals surface area contributed by atoms with Crippen LogP contribution in [0.25, 0.3) is 44.2 Å². The van der Waals surface area contributed by atoms with Gasteiger partial charge in [-0.2, -0.15) is 0 Å². The highest BCUT2D eigenvalue weighted by Gasteiger charge is 2.38. The second kappa shape index (κ2) is 14.0. The molecule has 2 aliphatic heterocycles. The Labute approximate surface area is 303 Å². The molecule has 52 heavy (non-hydrogen) atoms. The van der Waals surface area contributed by atoms with Gasteiger partial charge in [-0.25, -0.2) is 19.6 Å². The molecule has 0 aliphatic carbocycles. The number of likely N-dealkylation sites (tertiary alicyclic amines) is 2. The number of aromatic amines is 2. The normalized spacial score (nSPS) is 18.4. The number of carbonyl (C=O) groups is 3. The average Bonchev–Trinajstić information content (AvgIpc) is 3.94. The predicted octanol–water partition coefficient (Wildman–Crippen LogP) is 7.89. The fourth-order valence-electron chi connectivity index (χ4n) is 7.40. The van der Waals surface area contributed by atoms with Crippen molar-refractivity contribution in [3.8, 4) is 22.4 Å². The van der Waals surface area contributed by atoms with Crippen LogP contribution in [0.3, 0.4) is 0 Å². The number of methoxy groups -OCH3 is 1. The summed E-state index contributed by atoms with van der Waals surface area (Å²) >= 11 is 0. The Balaban J connectivity index is 1.08. The Hall–Kier alpha value is -5.39. The van der Waals surface area contributed by atoms with Gasteiger partial charge in [-0.3, -0.25) is 9.69 Å². The Morgan fingerprint density at radius 3 is 2.17 bits per heavy atom. The van der Waals surface area contributed by atoms with E-state index in [0.717, 1.165) is 81.5 Å². The molecule has 2 aromatic heterocycles.